The number of benzene rings is 1. The lowest BCUT2D eigenvalue weighted by atomic mass is 10.1. The smallest absolute Gasteiger partial charge is 0.234 e. The third-order valence-corrected chi connectivity index (χ3v) is 2.63. The molecule has 0 saturated carbocycles. The lowest BCUT2D eigenvalue weighted by Crippen LogP contribution is -2.31. The van der Waals surface area contributed by atoms with Crippen molar-refractivity contribution in [2.24, 2.45) is 0 Å². The van der Waals surface area contributed by atoms with Gasteiger partial charge < -0.3 is 0 Å². The first-order chi connectivity index (χ1) is 6.29. The van der Waals surface area contributed by atoms with Gasteiger partial charge in [-0.25, -0.2) is 18.9 Å². The molecule has 0 aromatic heterocycles. The fourth-order valence-corrected chi connectivity index (χ4v) is 1.73. The van der Waals surface area contributed by atoms with Crippen LogP contribution in [0.4, 0.5) is 0 Å². The summed E-state index contributed by atoms with van der Waals surface area (Å²) in [6.07, 6.45) is -0.470. The maximum atomic E-state index is 10.6. The van der Waals surface area contributed by atoms with E-state index in [2.05, 4.69) is 4.89 Å². The molecule has 2 unspecified atom stereocenters. The van der Waals surface area contributed by atoms with Gasteiger partial charge in [-0.2, -0.15) is 0 Å². The van der Waals surface area contributed by atoms with Crippen LogP contribution >= 0.6 is 7.68 Å². The van der Waals surface area contributed by atoms with Crippen molar-refractivity contribution >= 4 is 7.68 Å². The van der Waals surface area contributed by atoms with Crippen molar-refractivity contribution in [2.75, 3.05) is 0 Å². The van der Waals surface area contributed by atoms with Crippen LogP contribution in [0.25, 0.3) is 0 Å². The van der Waals surface area contributed by atoms with Gasteiger partial charge in [-0.05, 0) is 5.56 Å². The minimum atomic E-state index is -2.59. The standard InChI is InChI=1S/C8H7O4P/c9-13(10)8-7(11-12-8)6-4-2-1-3-5-6/h1-5,7-8H. The van der Waals surface area contributed by atoms with Crippen LogP contribution in [-0.4, -0.2) is 5.85 Å². The number of hydrogen-bond acceptors (Lipinski definition) is 4. The maximum Gasteiger partial charge on any atom is 0.351 e. The van der Waals surface area contributed by atoms with Gasteiger partial charge in [0.05, 0.1) is 0 Å². The average molecular weight is 198 g/mol. The van der Waals surface area contributed by atoms with Gasteiger partial charge in [0.1, 0.15) is 0 Å². The second-order valence-electron chi connectivity index (χ2n) is 2.70. The molecule has 5 heteroatoms. The van der Waals surface area contributed by atoms with Crippen molar-refractivity contribution < 1.29 is 18.9 Å². The lowest BCUT2D eigenvalue weighted by molar-refractivity contribution is -0.446. The normalized spacial score (nSPS) is 26.5. The van der Waals surface area contributed by atoms with Crippen molar-refractivity contribution in [1.29, 1.82) is 0 Å². The molecule has 68 valence electrons. The average Bonchev–Trinajstić information content (AvgIpc) is 2.02. The molecule has 13 heavy (non-hydrogen) atoms. The quantitative estimate of drug-likeness (QED) is 0.539. The first-order valence-corrected chi connectivity index (χ1v) is 5.04. The van der Waals surface area contributed by atoms with Crippen molar-refractivity contribution in [3.8, 4) is 0 Å². The van der Waals surface area contributed by atoms with Crippen LogP contribution in [0.2, 0.25) is 0 Å². The van der Waals surface area contributed by atoms with Gasteiger partial charge in [0.25, 0.3) is 0 Å². The van der Waals surface area contributed by atoms with Gasteiger partial charge in [0, 0.05) is 0 Å². The summed E-state index contributed by atoms with van der Waals surface area (Å²) in [5.41, 5.74) is 0.818. The van der Waals surface area contributed by atoms with E-state index in [1.165, 1.54) is 0 Å². The van der Waals surface area contributed by atoms with Crippen LogP contribution in [-0.2, 0) is 18.9 Å². The van der Waals surface area contributed by atoms with E-state index in [9.17, 15) is 9.13 Å². The first kappa shape index (κ1) is 8.63. The summed E-state index contributed by atoms with van der Waals surface area (Å²) < 4.78 is 21.2. The molecule has 1 aliphatic heterocycles. The van der Waals surface area contributed by atoms with Crippen molar-refractivity contribution in [1.82, 2.24) is 0 Å². The molecule has 1 aromatic carbocycles. The largest absolute Gasteiger partial charge is 0.351 e. The van der Waals surface area contributed by atoms with Crippen LogP contribution in [0.1, 0.15) is 11.7 Å². The highest BCUT2D eigenvalue weighted by Crippen LogP contribution is 2.41. The number of rotatable bonds is 2. The van der Waals surface area contributed by atoms with Gasteiger partial charge in [-0.1, -0.05) is 30.3 Å². The highest BCUT2D eigenvalue weighted by molar-refractivity contribution is 7.31. The zero-order valence-electron chi connectivity index (χ0n) is 6.62. The zero-order chi connectivity index (χ0) is 9.26. The molecule has 2 rings (SSSR count). The Morgan fingerprint density at radius 1 is 1.08 bits per heavy atom. The van der Waals surface area contributed by atoms with Crippen LogP contribution in [0, 0.1) is 0 Å². The molecule has 1 fully saturated rings. The SMILES string of the molecule is O=P(=O)C1OOC1c1ccccc1. The summed E-state index contributed by atoms with van der Waals surface area (Å²) in [4.78, 5) is 9.17. The molecule has 4 nitrogen and oxygen atoms in total. The Morgan fingerprint density at radius 3 is 2.23 bits per heavy atom. The summed E-state index contributed by atoms with van der Waals surface area (Å²) in [6, 6.07) is 9.12. The van der Waals surface area contributed by atoms with Crippen molar-refractivity contribution in [3.05, 3.63) is 35.9 Å². The Morgan fingerprint density at radius 2 is 1.77 bits per heavy atom. The van der Waals surface area contributed by atoms with E-state index in [4.69, 9.17) is 4.89 Å². The van der Waals surface area contributed by atoms with E-state index in [0.717, 1.165) is 5.56 Å². The van der Waals surface area contributed by atoms with Gasteiger partial charge in [-0.3, -0.25) is 0 Å². The Bertz CT molecular complexity index is 352. The molecule has 0 radical (unpaired) electrons. The summed E-state index contributed by atoms with van der Waals surface area (Å²) in [6.45, 7) is 0. The Hall–Kier alpha value is -0.960. The molecule has 1 heterocycles. The minimum absolute atomic E-state index is 0.470. The monoisotopic (exact) mass is 198 g/mol. The molecule has 0 spiro atoms. The van der Waals surface area contributed by atoms with E-state index >= 15 is 0 Å². The summed E-state index contributed by atoms with van der Waals surface area (Å²) in [7, 11) is -2.59. The molecule has 1 saturated heterocycles. The minimum Gasteiger partial charge on any atom is -0.234 e. The zero-order valence-corrected chi connectivity index (χ0v) is 7.52. The van der Waals surface area contributed by atoms with Crippen molar-refractivity contribution in [2.45, 2.75) is 11.9 Å². The van der Waals surface area contributed by atoms with E-state index < -0.39 is 19.6 Å². The second kappa shape index (κ2) is 3.42. The van der Waals surface area contributed by atoms with Crippen LogP contribution in [0.15, 0.2) is 30.3 Å². The van der Waals surface area contributed by atoms with E-state index in [1.54, 1.807) is 12.1 Å². The molecule has 0 bridgehead atoms. The third-order valence-electron chi connectivity index (χ3n) is 1.85. The predicted molar refractivity (Wildman–Crippen MR) is 43.4 cm³/mol. The summed E-state index contributed by atoms with van der Waals surface area (Å²) in [5, 5.41) is 0. The molecule has 1 aromatic rings. The van der Waals surface area contributed by atoms with Crippen LogP contribution in [0.5, 0.6) is 0 Å². The Kier molecular flexibility index (Phi) is 2.27. The summed E-state index contributed by atoms with van der Waals surface area (Å²) in [5.74, 6) is -0.836. The number of hydrogen-bond donors (Lipinski definition) is 0. The van der Waals surface area contributed by atoms with E-state index in [1.807, 2.05) is 18.2 Å². The molecule has 0 amide bonds. The molecular weight excluding hydrogens is 191 g/mol. The Labute approximate surface area is 75.2 Å². The molecule has 0 aliphatic carbocycles. The van der Waals surface area contributed by atoms with Gasteiger partial charge >= 0.3 is 7.68 Å². The molecule has 2 atom stereocenters. The highest BCUT2D eigenvalue weighted by atomic mass is 31.1. The summed E-state index contributed by atoms with van der Waals surface area (Å²) >= 11 is 0. The third kappa shape index (κ3) is 1.56. The molecule has 0 N–H and O–H groups in total. The predicted octanol–water partition coefficient (Wildman–Crippen LogP) is 2.19. The topological polar surface area (TPSA) is 52.6 Å². The van der Waals surface area contributed by atoms with Crippen LogP contribution in [0.3, 0.4) is 0 Å². The van der Waals surface area contributed by atoms with Crippen molar-refractivity contribution in [3.63, 3.8) is 0 Å². The van der Waals surface area contributed by atoms with Crippen LogP contribution < -0.4 is 0 Å². The van der Waals surface area contributed by atoms with E-state index in [0.29, 0.717) is 0 Å². The highest BCUT2D eigenvalue weighted by Gasteiger charge is 2.40. The van der Waals surface area contributed by atoms with Gasteiger partial charge in [0.15, 0.2) is 6.10 Å². The fourth-order valence-electron chi connectivity index (χ4n) is 1.17. The first-order valence-electron chi connectivity index (χ1n) is 3.79. The van der Waals surface area contributed by atoms with Gasteiger partial charge in [-0.15, -0.1) is 0 Å². The Balaban J connectivity index is 2.20. The maximum absolute atomic E-state index is 10.6. The second-order valence-corrected chi connectivity index (χ2v) is 3.78. The molecular formula is C8H7O4P. The lowest BCUT2D eigenvalue weighted by Gasteiger charge is -2.29. The van der Waals surface area contributed by atoms with Gasteiger partial charge in [0.2, 0.25) is 5.85 Å². The van der Waals surface area contributed by atoms with E-state index in [-0.39, 0.29) is 0 Å². The fraction of sp³-hybridized carbons (Fsp3) is 0.250. The molecule has 1 aliphatic rings.